The van der Waals surface area contributed by atoms with E-state index >= 15 is 0 Å². The van der Waals surface area contributed by atoms with Crippen LogP contribution in [0.1, 0.15) is 5.56 Å². The molecule has 19 heavy (non-hydrogen) atoms. The van der Waals surface area contributed by atoms with Crippen molar-refractivity contribution in [2.75, 3.05) is 40.8 Å². The molecule has 0 saturated carbocycles. The minimum absolute atomic E-state index is 0.0226. The summed E-state index contributed by atoms with van der Waals surface area (Å²) in [5.41, 5.74) is 0.991. The molecule has 5 nitrogen and oxygen atoms in total. The van der Waals surface area contributed by atoms with Crippen LogP contribution in [-0.2, 0) is 11.3 Å². The van der Waals surface area contributed by atoms with Crippen LogP contribution in [0.3, 0.4) is 0 Å². The van der Waals surface area contributed by atoms with Gasteiger partial charge in [-0.2, -0.15) is 0 Å². The third-order valence-corrected chi connectivity index (χ3v) is 2.58. The average molecular weight is 265 g/mol. The van der Waals surface area contributed by atoms with Gasteiger partial charge in [-0.3, -0.25) is 4.79 Å². The molecule has 106 valence electrons. The van der Waals surface area contributed by atoms with E-state index in [9.17, 15) is 4.79 Å². The summed E-state index contributed by atoms with van der Waals surface area (Å²) in [6.07, 6.45) is 0. The molecular formula is C14H23N3O2. The summed E-state index contributed by atoms with van der Waals surface area (Å²) in [7, 11) is 5.76. The lowest BCUT2D eigenvalue weighted by Gasteiger charge is -2.14. The Morgan fingerprint density at radius 2 is 2.05 bits per heavy atom. The van der Waals surface area contributed by atoms with E-state index in [-0.39, 0.29) is 5.91 Å². The number of hydrogen-bond donors (Lipinski definition) is 2. The first-order chi connectivity index (χ1) is 9.13. The van der Waals surface area contributed by atoms with E-state index in [1.807, 2.05) is 38.4 Å². The van der Waals surface area contributed by atoms with Gasteiger partial charge in [0.25, 0.3) is 0 Å². The predicted molar refractivity (Wildman–Crippen MR) is 76.3 cm³/mol. The summed E-state index contributed by atoms with van der Waals surface area (Å²) in [6.45, 7) is 2.30. The highest BCUT2D eigenvalue weighted by molar-refractivity contribution is 5.77. The molecule has 0 bridgehead atoms. The summed E-state index contributed by atoms with van der Waals surface area (Å²) in [5, 5.41) is 5.66. The van der Waals surface area contributed by atoms with Crippen molar-refractivity contribution in [3.63, 3.8) is 0 Å². The van der Waals surface area contributed by atoms with Gasteiger partial charge in [-0.25, -0.2) is 0 Å². The molecule has 1 aromatic rings. The van der Waals surface area contributed by atoms with E-state index in [1.54, 1.807) is 7.05 Å². The van der Waals surface area contributed by atoms with Crippen molar-refractivity contribution in [1.82, 2.24) is 15.5 Å². The van der Waals surface area contributed by atoms with Gasteiger partial charge in [-0.15, -0.1) is 0 Å². The second-order valence-electron chi connectivity index (χ2n) is 4.57. The SMILES string of the molecule is CNCC(=O)NCc1ccccc1OCCN(C)C. The average Bonchev–Trinajstić information content (AvgIpc) is 2.37. The van der Waals surface area contributed by atoms with E-state index < -0.39 is 0 Å². The van der Waals surface area contributed by atoms with Gasteiger partial charge in [0.1, 0.15) is 12.4 Å². The monoisotopic (exact) mass is 265 g/mol. The summed E-state index contributed by atoms with van der Waals surface area (Å²) in [4.78, 5) is 13.5. The second kappa shape index (κ2) is 8.50. The van der Waals surface area contributed by atoms with Gasteiger partial charge >= 0.3 is 0 Å². The molecule has 0 aliphatic carbocycles. The Morgan fingerprint density at radius 1 is 1.32 bits per heavy atom. The van der Waals surface area contributed by atoms with Crippen LogP contribution in [0.15, 0.2) is 24.3 Å². The first-order valence-electron chi connectivity index (χ1n) is 6.40. The van der Waals surface area contributed by atoms with Crippen LogP contribution < -0.4 is 15.4 Å². The largest absolute Gasteiger partial charge is 0.492 e. The minimum Gasteiger partial charge on any atom is -0.492 e. The summed E-state index contributed by atoms with van der Waals surface area (Å²) >= 11 is 0. The molecule has 1 amide bonds. The Labute approximate surface area is 114 Å². The fraction of sp³-hybridized carbons (Fsp3) is 0.500. The fourth-order valence-electron chi connectivity index (χ4n) is 1.55. The van der Waals surface area contributed by atoms with Crippen LogP contribution in [0.25, 0.3) is 0 Å². The third kappa shape index (κ3) is 6.22. The second-order valence-corrected chi connectivity index (χ2v) is 4.57. The van der Waals surface area contributed by atoms with Crippen LogP contribution in [0, 0.1) is 0 Å². The zero-order valence-corrected chi connectivity index (χ0v) is 11.9. The Hall–Kier alpha value is -1.59. The van der Waals surface area contributed by atoms with Gasteiger partial charge in [0.15, 0.2) is 0 Å². The number of nitrogens with zero attached hydrogens (tertiary/aromatic N) is 1. The normalized spacial score (nSPS) is 10.5. The van der Waals surface area contributed by atoms with Crippen LogP contribution in [-0.4, -0.2) is 51.6 Å². The number of likely N-dealkylation sites (N-methyl/N-ethyl adjacent to an activating group) is 2. The Kier molecular flexibility index (Phi) is 6.92. The van der Waals surface area contributed by atoms with Gasteiger partial charge in [0.05, 0.1) is 6.54 Å². The molecule has 0 aliphatic heterocycles. The van der Waals surface area contributed by atoms with Gasteiger partial charge < -0.3 is 20.3 Å². The fourth-order valence-corrected chi connectivity index (χ4v) is 1.55. The van der Waals surface area contributed by atoms with E-state index in [1.165, 1.54) is 0 Å². The molecule has 0 spiro atoms. The van der Waals surface area contributed by atoms with Gasteiger partial charge in [0, 0.05) is 18.7 Å². The van der Waals surface area contributed by atoms with Crippen molar-refractivity contribution in [1.29, 1.82) is 0 Å². The Bertz CT molecular complexity index is 394. The zero-order chi connectivity index (χ0) is 14.1. The first-order valence-corrected chi connectivity index (χ1v) is 6.40. The van der Waals surface area contributed by atoms with Crippen LogP contribution in [0.2, 0.25) is 0 Å². The topological polar surface area (TPSA) is 53.6 Å². The molecule has 0 heterocycles. The molecule has 1 aromatic carbocycles. The molecule has 0 radical (unpaired) electrons. The number of para-hydroxylation sites is 1. The molecule has 0 fully saturated rings. The predicted octanol–water partition coefficient (Wildman–Crippen LogP) is 0.463. The number of carbonyl (C=O) groups is 1. The maximum atomic E-state index is 11.4. The van der Waals surface area contributed by atoms with E-state index in [2.05, 4.69) is 15.5 Å². The maximum absolute atomic E-state index is 11.4. The number of ether oxygens (including phenoxy) is 1. The van der Waals surface area contributed by atoms with Crippen molar-refractivity contribution in [2.24, 2.45) is 0 Å². The van der Waals surface area contributed by atoms with Crippen molar-refractivity contribution in [3.8, 4) is 5.75 Å². The number of hydrogen-bond acceptors (Lipinski definition) is 4. The maximum Gasteiger partial charge on any atom is 0.234 e. The van der Waals surface area contributed by atoms with Crippen molar-refractivity contribution >= 4 is 5.91 Å². The molecule has 0 saturated heterocycles. The lowest BCUT2D eigenvalue weighted by atomic mass is 10.2. The van der Waals surface area contributed by atoms with E-state index in [0.29, 0.717) is 19.7 Å². The molecule has 0 aliphatic rings. The highest BCUT2D eigenvalue weighted by Gasteiger charge is 2.05. The number of benzene rings is 1. The molecule has 0 aromatic heterocycles. The zero-order valence-electron chi connectivity index (χ0n) is 11.9. The van der Waals surface area contributed by atoms with Crippen LogP contribution in [0.5, 0.6) is 5.75 Å². The molecule has 5 heteroatoms. The van der Waals surface area contributed by atoms with Gasteiger partial charge in [-0.05, 0) is 27.2 Å². The lowest BCUT2D eigenvalue weighted by molar-refractivity contribution is -0.120. The Balaban J connectivity index is 2.50. The van der Waals surface area contributed by atoms with Crippen LogP contribution in [0.4, 0.5) is 0 Å². The van der Waals surface area contributed by atoms with E-state index in [4.69, 9.17) is 4.74 Å². The summed E-state index contributed by atoms with van der Waals surface area (Å²) in [5.74, 6) is 0.805. The first kappa shape index (κ1) is 15.5. The summed E-state index contributed by atoms with van der Waals surface area (Å²) < 4.78 is 5.73. The molecular weight excluding hydrogens is 242 g/mol. The van der Waals surface area contributed by atoms with Crippen molar-refractivity contribution in [3.05, 3.63) is 29.8 Å². The quantitative estimate of drug-likeness (QED) is 0.717. The Morgan fingerprint density at radius 3 is 2.74 bits per heavy atom. The number of amides is 1. The standard InChI is InChI=1S/C14H23N3O2/c1-15-11-14(18)16-10-12-6-4-5-7-13(12)19-9-8-17(2)3/h4-7,15H,8-11H2,1-3H3,(H,16,18). The number of rotatable bonds is 8. The van der Waals surface area contributed by atoms with Crippen molar-refractivity contribution in [2.45, 2.75) is 6.54 Å². The van der Waals surface area contributed by atoms with E-state index in [0.717, 1.165) is 17.9 Å². The highest BCUT2D eigenvalue weighted by atomic mass is 16.5. The van der Waals surface area contributed by atoms with Gasteiger partial charge in [0.2, 0.25) is 5.91 Å². The summed E-state index contributed by atoms with van der Waals surface area (Å²) in [6, 6.07) is 7.77. The van der Waals surface area contributed by atoms with Crippen molar-refractivity contribution < 1.29 is 9.53 Å². The van der Waals surface area contributed by atoms with Gasteiger partial charge in [-0.1, -0.05) is 18.2 Å². The minimum atomic E-state index is -0.0226. The molecule has 2 N–H and O–H groups in total. The molecule has 0 atom stereocenters. The number of carbonyl (C=O) groups excluding carboxylic acids is 1. The third-order valence-electron chi connectivity index (χ3n) is 2.58. The van der Waals surface area contributed by atoms with Crippen LogP contribution >= 0.6 is 0 Å². The molecule has 1 rings (SSSR count). The lowest BCUT2D eigenvalue weighted by Crippen LogP contribution is -2.31. The highest BCUT2D eigenvalue weighted by Crippen LogP contribution is 2.17. The molecule has 0 unspecified atom stereocenters. The smallest absolute Gasteiger partial charge is 0.234 e. The number of nitrogens with one attached hydrogen (secondary N) is 2.